The number of rotatable bonds is 4. The average molecular weight is 604 g/mol. The maximum atomic E-state index is 13.9. The molecule has 4 heterocycles. The Kier molecular flexibility index (Phi) is 6.16. The molecule has 0 saturated heterocycles. The molecule has 7 aromatic rings. The van der Waals surface area contributed by atoms with Crippen molar-refractivity contribution >= 4 is 21.8 Å². The molecule has 0 atom stereocenters. The van der Waals surface area contributed by atoms with Crippen molar-refractivity contribution in [3.05, 3.63) is 96.1 Å². The molecule has 0 unspecified atom stereocenters. The van der Waals surface area contributed by atoms with Gasteiger partial charge in [-0.2, -0.15) is 26.3 Å². The first-order chi connectivity index (χ1) is 21.0. The number of pyridine rings is 2. The Labute approximate surface area is 242 Å². The van der Waals surface area contributed by atoms with Crippen molar-refractivity contribution in [3.8, 4) is 46.1 Å². The highest BCUT2D eigenvalue weighted by molar-refractivity contribution is 5.83. The molecule has 0 aliphatic heterocycles. The summed E-state index contributed by atoms with van der Waals surface area (Å²) in [5, 5.41) is 16.0. The van der Waals surface area contributed by atoms with E-state index >= 15 is 0 Å². The Morgan fingerprint density at radius 1 is 0.455 bits per heavy atom. The van der Waals surface area contributed by atoms with Gasteiger partial charge in [-0.15, -0.1) is 20.4 Å². The molecule has 0 spiro atoms. The first-order valence-corrected chi connectivity index (χ1v) is 12.8. The summed E-state index contributed by atoms with van der Waals surface area (Å²) in [5.74, 6) is -1.18. The SMILES string of the molecule is FC(F)(F)c1cc2ccccc2nc1-c1nnc(-c2cccc(-c3nnc(-c4nc5ccccc5cc4C(F)(F)F)o3)c2)o1. The van der Waals surface area contributed by atoms with Crippen molar-refractivity contribution in [2.24, 2.45) is 0 Å². The molecule has 218 valence electrons. The second-order valence-corrected chi connectivity index (χ2v) is 9.56. The number of alkyl halides is 6. The lowest BCUT2D eigenvalue weighted by Crippen LogP contribution is -2.09. The molecule has 14 heteroatoms. The molecule has 7 rings (SSSR count). The van der Waals surface area contributed by atoms with E-state index in [-0.39, 0.29) is 33.7 Å². The van der Waals surface area contributed by atoms with Crippen molar-refractivity contribution in [1.82, 2.24) is 30.4 Å². The number of fused-ring (bicyclic) bond motifs is 2. The Hall–Kier alpha value is -5.66. The van der Waals surface area contributed by atoms with E-state index in [1.54, 1.807) is 54.6 Å². The fourth-order valence-electron chi connectivity index (χ4n) is 4.65. The topological polar surface area (TPSA) is 104 Å². The van der Waals surface area contributed by atoms with Gasteiger partial charge in [0.2, 0.25) is 11.8 Å². The fraction of sp³-hybridized carbons (Fsp3) is 0.0667. The van der Waals surface area contributed by atoms with Crippen LogP contribution in [-0.4, -0.2) is 30.4 Å². The standard InChI is InChI=1S/C30H14F6N6O2/c31-29(32,33)19-13-15-6-1-3-10-21(15)37-23(19)27-41-39-25(43-27)17-8-5-9-18(12-17)26-40-42-28(44-26)24-20(30(34,35)36)14-16-7-2-4-11-22(16)38-24/h1-14H. The molecule has 8 nitrogen and oxygen atoms in total. The van der Waals surface area contributed by atoms with Crippen LogP contribution >= 0.6 is 0 Å². The van der Waals surface area contributed by atoms with Crippen LogP contribution in [0.4, 0.5) is 26.3 Å². The summed E-state index contributed by atoms with van der Waals surface area (Å²) in [7, 11) is 0. The van der Waals surface area contributed by atoms with Crippen LogP contribution in [0.25, 0.3) is 67.9 Å². The average Bonchev–Trinajstić information content (AvgIpc) is 3.70. The van der Waals surface area contributed by atoms with Gasteiger partial charge in [-0.25, -0.2) is 9.97 Å². The van der Waals surface area contributed by atoms with Crippen LogP contribution in [0.1, 0.15) is 11.1 Å². The van der Waals surface area contributed by atoms with Crippen molar-refractivity contribution in [2.45, 2.75) is 12.4 Å². The van der Waals surface area contributed by atoms with Gasteiger partial charge in [0.05, 0.1) is 22.2 Å². The number of aromatic nitrogens is 6. The molecule has 0 saturated carbocycles. The van der Waals surface area contributed by atoms with Gasteiger partial charge >= 0.3 is 12.4 Å². The van der Waals surface area contributed by atoms with Gasteiger partial charge < -0.3 is 8.83 Å². The van der Waals surface area contributed by atoms with E-state index in [9.17, 15) is 26.3 Å². The number of nitrogens with zero attached hydrogens (tertiary/aromatic N) is 6. The monoisotopic (exact) mass is 604 g/mol. The Morgan fingerprint density at radius 3 is 1.30 bits per heavy atom. The Bertz CT molecular complexity index is 2040. The first kappa shape index (κ1) is 27.2. The minimum Gasteiger partial charge on any atom is -0.415 e. The lowest BCUT2D eigenvalue weighted by atomic mass is 10.1. The quantitative estimate of drug-likeness (QED) is 0.185. The van der Waals surface area contributed by atoms with Gasteiger partial charge in [0.25, 0.3) is 11.8 Å². The summed E-state index contributed by atoms with van der Waals surface area (Å²) in [5.41, 5.74) is -1.99. The lowest BCUT2D eigenvalue weighted by molar-refractivity contribution is -0.138. The second-order valence-electron chi connectivity index (χ2n) is 9.56. The minimum atomic E-state index is -4.75. The van der Waals surface area contributed by atoms with Gasteiger partial charge in [0.1, 0.15) is 11.4 Å². The van der Waals surface area contributed by atoms with Gasteiger partial charge in [0.15, 0.2) is 0 Å². The zero-order chi connectivity index (χ0) is 30.6. The predicted octanol–water partition coefficient (Wildman–Crippen LogP) is 8.25. The van der Waals surface area contributed by atoms with Crippen LogP contribution in [0.15, 0.2) is 93.8 Å². The molecule has 3 aromatic carbocycles. The van der Waals surface area contributed by atoms with Crippen molar-refractivity contribution in [3.63, 3.8) is 0 Å². The number of halogens is 6. The third-order valence-electron chi connectivity index (χ3n) is 6.67. The summed E-state index contributed by atoms with van der Waals surface area (Å²) in [6.07, 6.45) is -9.50. The highest BCUT2D eigenvalue weighted by Crippen LogP contribution is 2.40. The second kappa shape index (κ2) is 9.97. The third kappa shape index (κ3) is 4.89. The maximum Gasteiger partial charge on any atom is 0.418 e. The molecule has 0 fully saturated rings. The van der Waals surface area contributed by atoms with Crippen LogP contribution in [-0.2, 0) is 12.4 Å². The first-order valence-electron chi connectivity index (χ1n) is 12.8. The van der Waals surface area contributed by atoms with E-state index in [4.69, 9.17) is 8.83 Å². The van der Waals surface area contributed by atoms with Gasteiger partial charge in [0, 0.05) is 21.9 Å². The summed E-state index contributed by atoms with van der Waals surface area (Å²) in [6.45, 7) is 0. The summed E-state index contributed by atoms with van der Waals surface area (Å²) in [6, 6.07) is 20.6. The molecule has 0 aliphatic rings. The van der Waals surface area contributed by atoms with E-state index in [1.807, 2.05) is 0 Å². The normalized spacial score (nSPS) is 12.3. The molecule has 0 bridgehead atoms. The molecular weight excluding hydrogens is 590 g/mol. The summed E-state index contributed by atoms with van der Waals surface area (Å²) < 4.78 is 94.7. The van der Waals surface area contributed by atoms with Crippen molar-refractivity contribution < 1.29 is 35.2 Å². The minimum absolute atomic E-state index is 0.139. The summed E-state index contributed by atoms with van der Waals surface area (Å²) in [4.78, 5) is 8.25. The molecule has 0 N–H and O–H groups in total. The lowest BCUT2D eigenvalue weighted by Gasteiger charge is -2.11. The maximum absolute atomic E-state index is 13.9. The van der Waals surface area contributed by atoms with E-state index in [0.29, 0.717) is 11.0 Å². The Morgan fingerprint density at radius 2 is 0.864 bits per heavy atom. The van der Waals surface area contributed by atoms with Crippen LogP contribution in [0.3, 0.4) is 0 Å². The van der Waals surface area contributed by atoms with Gasteiger partial charge in [-0.05, 0) is 42.5 Å². The highest BCUT2D eigenvalue weighted by atomic mass is 19.4. The fourth-order valence-corrected chi connectivity index (χ4v) is 4.65. The smallest absolute Gasteiger partial charge is 0.415 e. The van der Waals surface area contributed by atoms with E-state index in [0.717, 1.165) is 12.1 Å². The number of hydrogen-bond acceptors (Lipinski definition) is 8. The van der Waals surface area contributed by atoms with Gasteiger partial charge in [-0.1, -0.05) is 42.5 Å². The van der Waals surface area contributed by atoms with Gasteiger partial charge in [-0.3, -0.25) is 0 Å². The van der Waals surface area contributed by atoms with Crippen LogP contribution in [0.5, 0.6) is 0 Å². The zero-order valence-corrected chi connectivity index (χ0v) is 21.9. The largest absolute Gasteiger partial charge is 0.418 e. The van der Waals surface area contributed by atoms with E-state index < -0.39 is 46.6 Å². The molecule has 44 heavy (non-hydrogen) atoms. The zero-order valence-electron chi connectivity index (χ0n) is 21.9. The third-order valence-corrected chi connectivity index (χ3v) is 6.67. The van der Waals surface area contributed by atoms with Crippen LogP contribution in [0, 0.1) is 0 Å². The number of benzene rings is 3. The van der Waals surface area contributed by atoms with Crippen LogP contribution < -0.4 is 0 Å². The number of para-hydroxylation sites is 2. The van der Waals surface area contributed by atoms with Crippen LogP contribution in [0.2, 0.25) is 0 Å². The van der Waals surface area contributed by atoms with Crippen molar-refractivity contribution in [1.29, 1.82) is 0 Å². The Balaban J connectivity index is 1.25. The van der Waals surface area contributed by atoms with E-state index in [1.165, 1.54) is 18.2 Å². The molecule has 0 radical (unpaired) electrons. The molecule has 0 aliphatic carbocycles. The predicted molar refractivity (Wildman–Crippen MR) is 145 cm³/mol. The molecule has 4 aromatic heterocycles. The van der Waals surface area contributed by atoms with Crippen molar-refractivity contribution in [2.75, 3.05) is 0 Å². The molecular formula is C30H14F6N6O2. The highest BCUT2D eigenvalue weighted by Gasteiger charge is 2.38. The number of hydrogen-bond donors (Lipinski definition) is 0. The molecule has 0 amide bonds. The summed E-state index contributed by atoms with van der Waals surface area (Å²) >= 11 is 0. The van der Waals surface area contributed by atoms with E-state index in [2.05, 4.69) is 30.4 Å².